The lowest BCUT2D eigenvalue weighted by Crippen LogP contribution is -2.30. The van der Waals surface area contributed by atoms with Crippen LogP contribution in [-0.2, 0) is 12.4 Å². The second-order valence-electron chi connectivity index (χ2n) is 7.80. The number of anilines is 1. The number of benzene rings is 2. The third-order valence-corrected chi connectivity index (χ3v) is 5.12. The zero-order valence-corrected chi connectivity index (χ0v) is 20.1. The molecule has 0 saturated carbocycles. The van der Waals surface area contributed by atoms with E-state index in [0.29, 0.717) is 17.2 Å². The Morgan fingerprint density at radius 3 is 2.15 bits per heavy atom. The first-order valence-electron chi connectivity index (χ1n) is 10.7. The number of amides is 2. The molecule has 2 amide bonds. The van der Waals surface area contributed by atoms with Crippen molar-refractivity contribution in [3.05, 3.63) is 83.2 Å². The molecule has 16 heteroatoms. The highest BCUT2D eigenvalue weighted by atomic mass is 19.4. The Morgan fingerprint density at radius 2 is 1.65 bits per heavy atom. The Hall–Kier alpha value is -5.02. The van der Waals surface area contributed by atoms with Gasteiger partial charge in [0.1, 0.15) is 11.5 Å². The van der Waals surface area contributed by atoms with E-state index in [1.54, 1.807) is 0 Å². The van der Waals surface area contributed by atoms with Crippen molar-refractivity contribution in [2.45, 2.75) is 12.4 Å². The molecule has 40 heavy (non-hydrogen) atoms. The van der Waals surface area contributed by atoms with Crippen molar-refractivity contribution < 1.29 is 45.1 Å². The lowest BCUT2D eigenvalue weighted by molar-refractivity contribution is -0.143. The van der Waals surface area contributed by atoms with Crippen LogP contribution in [0.5, 0.6) is 5.75 Å². The molecular weight excluding hydrogens is 553 g/mol. The van der Waals surface area contributed by atoms with Crippen molar-refractivity contribution in [1.82, 2.24) is 9.97 Å². The number of rotatable bonds is 6. The normalized spacial score (nSPS) is 12.4. The minimum Gasteiger partial charge on any atom is -0.409 e. The fraction of sp³-hybridized carbons (Fsp3) is 0.125. The second-order valence-corrected chi connectivity index (χ2v) is 7.80. The van der Waals surface area contributed by atoms with E-state index in [9.17, 15) is 40.3 Å². The molecule has 0 aliphatic carbocycles. The van der Waals surface area contributed by atoms with E-state index >= 15 is 0 Å². The first-order chi connectivity index (χ1) is 18.6. The number of aromatic nitrogens is 2. The van der Waals surface area contributed by atoms with Gasteiger partial charge >= 0.3 is 18.4 Å². The zero-order chi connectivity index (χ0) is 29.8. The number of aliphatic imine (C=N–C) groups is 1. The lowest BCUT2D eigenvalue weighted by Gasteiger charge is -2.22. The molecule has 0 saturated heterocycles. The SMILES string of the molecule is CN(C(=O)Oc1c(/C(C=Nc2cnc(C(N)=O)cn2)=C/N)cc(C(F)(F)F)cc1C(F)(F)F)c1ccc(F)cc1. The third-order valence-electron chi connectivity index (χ3n) is 5.12. The van der Waals surface area contributed by atoms with Crippen molar-refractivity contribution in [3.63, 3.8) is 0 Å². The number of nitrogens with two attached hydrogens (primary N) is 2. The van der Waals surface area contributed by atoms with Gasteiger partial charge in [-0.2, -0.15) is 26.3 Å². The molecule has 0 radical (unpaired) electrons. The van der Waals surface area contributed by atoms with Gasteiger partial charge in [0.05, 0.1) is 23.5 Å². The maximum absolute atomic E-state index is 14.0. The van der Waals surface area contributed by atoms with Crippen LogP contribution < -0.4 is 21.1 Å². The Balaban J connectivity index is 2.15. The first-order valence-corrected chi connectivity index (χ1v) is 10.7. The minimum atomic E-state index is -5.42. The summed E-state index contributed by atoms with van der Waals surface area (Å²) < 4.78 is 101. The standard InChI is InChI=1S/C24H17F7N6O3/c1-37(15-4-2-14(25)3-5-15)22(39)40-20-16(6-13(23(26,27)28)7-17(20)24(29,30)31)12(8-32)9-35-19-11-34-18(10-36-19)21(33)38/h2-11H,32H2,1H3,(H2,33,38)/b12-8+,35-9?. The Kier molecular flexibility index (Phi) is 8.41. The number of allylic oxidation sites excluding steroid dienone is 1. The van der Waals surface area contributed by atoms with Crippen molar-refractivity contribution in [2.24, 2.45) is 16.5 Å². The fourth-order valence-corrected chi connectivity index (χ4v) is 3.11. The third kappa shape index (κ3) is 6.89. The maximum atomic E-state index is 14.0. The Labute approximate surface area is 220 Å². The van der Waals surface area contributed by atoms with Crippen LogP contribution in [-0.4, -0.2) is 35.2 Å². The summed E-state index contributed by atoms with van der Waals surface area (Å²) in [6.07, 6.45) is -8.83. The predicted octanol–water partition coefficient (Wildman–Crippen LogP) is 5.09. The smallest absolute Gasteiger partial charge is 0.409 e. The van der Waals surface area contributed by atoms with Gasteiger partial charge in [-0.05, 0) is 36.4 Å². The molecule has 2 aromatic carbocycles. The fourth-order valence-electron chi connectivity index (χ4n) is 3.11. The summed E-state index contributed by atoms with van der Waals surface area (Å²) in [6, 6.07) is 4.25. The molecule has 9 nitrogen and oxygen atoms in total. The number of ether oxygens (including phenoxy) is 1. The molecule has 4 N–H and O–H groups in total. The van der Waals surface area contributed by atoms with Crippen LogP contribution in [0.4, 0.5) is 47.0 Å². The Bertz CT molecular complexity index is 1470. The van der Waals surface area contributed by atoms with E-state index in [4.69, 9.17) is 16.2 Å². The van der Waals surface area contributed by atoms with Crippen LogP contribution >= 0.6 is 0 Å². The van der Waals surface area contributed by atoms with Crippen LogP contribution in [0.3, 0.4) is 0 Å². The molecule has 210 valence electrons. The van der Waals surface area contributed by atoms with E-state index < -0.39 is 58.2 Å². The summed E-state index contributed by atoms with van der Waals surface area (Å²) >= 11 is 0. The molecule has 0 fully saturated rings. The topological polar surface area (TPSA) is 137 Å². The highest BCUT2D eigenvalue weighted by Crippen LogP contribution is 2.44. The van der Waals surface area contributed by atoms with E-state index in [1.165, 1.54) is 0 Å². The lowest BCUT2D eigenvalue weighted by atomic mass is 9.98. The molecule has 3 rings (SSSR count). The summed E-state index contributed by atoms with van der Waals surface area (Å²) in [5.74, 6) is -3.10. The summed E-state index contributed by atoms with van der Waals surface area (Å²) in [5, 5.41) is 0. The molecule has 0 aliphatic heterocycles. The second kappa shape index (κ2) is 11.4. The van der Waals surface area contributed by atoms with Crippen molar-refractivity contribution >= 4 is 35.3 Å². The summed E-state index contributed by atoms with van der Waals surface area (Å²) in [5.41, 5.74) is 5.25. The monoisotopic (exact) mass is 570 g/mol. The van der Waals surface area contributed by atoms with Crippen molar-refractivity contribution in [2.75, 3.05) is 11.9 Å². The molecule has 0 spiro atoms. The average Bonchev–Trinajstić information content (AvgIpc) is 2.88. The maximum Gasteiger partial charge on any atom is 0.420 e. The molecule has 1 aromatic heterocycles. The van der Waals surface area contributed by atoms with E-state index in [-0.39, 0.29) is 23.3 Å². The van der Waals surface area contributed by atoms with Gasteiger partial charge in [0, 0.05) is 36.3 Å². The van der Waals surface area contributed by atoms with Crippen LogP contribution in [0.25, 0.3) is 5.57 Å². The highest BCUT2D eigenvalue weighted by molar-refractivity contribution is 6.12. The Morgan fingerprint density at radius 1 is 1.00 bits per heavy atom. The molecule has 0 unspecified atom stereocenters. The number of hydrogen-bond acceptors (Lipinski definition) is 7. The van der Waals surface area contributed by atoms with Gasteiger partial charge in [-0.15, -0.1) is 0 Å². The molecule has 1 heterocycles. The van der Waals surface area contributed by atoms with Crippen LogP contribution in [0.2, 0.25) is 0 Å². The van der Waals surface area contributed by atoms with Gasteiger partial charge in [-0.1, -0.05) is 0 Å². The van der Waals surface area contributed by atoms with Gasteiger partial charge in [0.2, 0.25) is 0 Å². The van der Waals surface area contributed by atoms with Crippen molar-refractivity contribution in [3.8, 4) is 5.75 Å². The number of halogens is 7. The predicted molar refractivity (Wildman–Crippen MR) is 128 cm³/mol. The average molecular weight is 570 g/mol. The number of nitrogens with zero attached hydrogens (tertiary/aromatic N) is 4. The summed E-state index contributed by atoms with van der Waals surface area (Å²) in [4.78, 5) is 35.8. The van der Waals surface area contributed by atoms with Gasteiger partial charge in [-0.3, -0.25) is 9.69 Å². The molecular formula is C24H17F7N6O3. The van der Waals surface area contributed by atoms with Gasteiger partial charge in [0.25, 0.3) is 5.91 Å². The van der Waals surface area contributed by atoms with E-state index in [1.807, 2.05) is 0 Å². The van der Waals surface area contributed by atoms with Gasteiger partial charge < -0.3 is 16.2 Å². The highest BCUT2D eigenvalue weighted by Gasteiger charge is 2.41. The number of carbonyl (C=O) groups excluding carboxylic acids is 2. The molecule has 0 bridgehead atoms. The minimum absolute atomic E-state index is 0.00237. The van der Waals surface area contributed by atoms with E-state index in [2.05, 4.69) is 15.0 Å². The first kappa shape index (κ1) is 29.5. The number of hydrogen-bond donors (Lipinski definition) is 2. The number of primary amides is 1. The summed E-state index contributed by atoms with van der Waals surface area (Å²) in [6.45, 7) is 0. The van der Waals surface area contributed by atoms with Gasteiger partial charge in [-0.25, -0.2) is 24.1 Å². The quantitative estimate of drug-likeness (QED) is 0.313. The van der Waals surface area contributed by atoms with Crippen LogP contribution in [0.1, 0.15) is 27.2 Å². The van der Waals surface area contributed by atoms with Gasteiger partial charge in [0.15, 0.2) is 11.6 Å². The number of alkyl halides is 6. The van der Waals surface area contributed by atoms with E-state index in [0.717, 1.165) is 49.9 Å². The molecule has 0 atom stereocenters. The summed E-state index contributed by atoms with van der Waals surface area (Å²) in [7, 11) is 1.09. The zero-order valence-electron chi connectivity index (χ0n) is 20.1. The number of carbonyl (C=O) groups is 2. The van der Waals surface area contributed by atoms with Crippen LogP contribution in [0, 0.1) is 5.82 Å². The van der Waals surface area contributed by atoms with Crippen LogP contribution in [0.15, 0.2) is 60.0 Å². The molecule has 3 aromatic rings. The van der Waals surface area contributed by atoms with Crippen molar-refractivity contribution in [1.29, 1.82) is 0 Å². The largest absolute Gasteiger partial charge is 0.420 e. The molecule has 0 aliphatic rings.